The number of benzene rings is 1. The Labute approximate surface area is 85.4 Å². The summed E-state index contributed by atoms with van der Waals surface area (Å²) in [6.07, 6.45) is 2.93. The zero-order valence-electron chi connectivity index (χ0n) is 8.59. The van der Waals surface area contributed by atoms with Crippen molar-refractivity contribution in [3.05, 3.63) is 35.4 Å². The lowest BCUT2D eigenvalue weighted by Crippen LogP contribution is -2.12. The van der Waals surface area contributed by atoms with Gasteiger partial charge >= 0.3 is 0 Å². The van der Waals surface area contributed by atoms with E-state index in [1.165, 1.54) is 18.4 Å². The quantitative estimate of drug-likeness (QED) is 0.591. The molecule has 1 heteroatoms. The summed E-state index contributed by atoms with van der Waals surface area (Å²) in [7, 11) is 0. The van der Waals surface area contributed by atoms with Gasteiger partial charge in [-0.15, -0.1) is 5.79 Å². The molecular formula is C12H17Al. The van der Waals surface area contributed by atoms with E-state index in [2.05, 4.69) is 37.0 Å². The fourth-order valence-corrected chi connectivity index (χ4v) is 5.42. The molecule has 0 aliphatic carbocycles. The van der Waals surface area contributed by atoms with Crippen molar-refractivity contribution < 1.29 is 0 Å². The predicted octanol–water partition coefficient (Wildman–Crippen LogP) is 3.54. The van der Waals surface area contributed by atoms with Gasteiger partial charge in [-0.3, -0.25) is 0 Å². The fourth-order valence-electron chi connectivity index (χ4n) is 2.45. The molecule has 1 saturated heterocycles. The molecule has 1 aliphatic rings. The van der Waals surface area contributed by atoms with Crippen LogP contribution in [0.2, 0.25) is 11.1 Å². The van der Waals surface area contributed by atoms with Crippen LogP contribution in [0.1, 0.15) is 28.7 Å². The Kier molecular flexibility index (Phi) is 2.77. The van der Waals surface area contributed by atoms with E-state index < -0.39 is 14.1 Å². The normalized spacial score (nSPS) is 22.3. The van der Waals surface area contributed by atoms with Crippen molar-refractivity contribution >= 4 is 14.1 Å². The van der Waals surface area contributed by atoms with Gasteiger partial charge in [0.25, 0.3) is 14.1 Å². The van der Waals surface area contributed by atoms with Crippen LogP contribution in [-0.2, 0) is 0 Å². The highest BCUT2D eigenvalue weighted by atomic mass is 27.2. The minimum absolute atomic E-state index is 0.407. The van der Waals surface area contributed by atoms with Gasteiger partial charge in [-0.25, -0.2) is 0 Å². The largest absolute Gasteiger partial charge is 0.268 e. The van der Waals surface area contributed by atoms with Gasteiger partial charge in [0.15, 0.2) is 0 Å². The third-order valence-corrected chi connectivity index (χ3v) is 6.78. The van der Waals surface area contributed by atoms with Crippen LogP contribution in [-0.4, -0.2) is 14.1 Å². The second kappa shape index (κ2) is 3.86. The van der Waals surface area contributed by atoms with Crippen LogP contribution in [0.25, 0.3) is 0 Å². The van der Waals surface area contributed by atoms with E-state index in [1.54, 1.807) is 10.8 Å². The van der Waals surface area contributed by atoms with Gasteiger partial charge in [0.05, 0.1) is 0 Å². The first kappa shape index (κ1) is 9.31. The molecule has 0 N–H and O–H groups in total. The summed E-state index contributed by atoms with van der Waals surface area (Å²) in [5.41, 5.74) is 3.00. The lowest BCUT2D eigenvalue weighted by atomic mass is 10.1. The van der Waals surface area contributed by atoms with Crippen molar-refractivity contribution in [2.45, 2.75) is 35.6 Å². The van der Waals surface area contributed by atoms with Gasteiger partial charge in [-0.1, -0.05) is 58.3 Å². The average Bonchev–Trinajstić information content (AvgIpc) is 2.53. The minimum Gasteiger partial charge on any atom is -0.105 e. The first-order chi connectivity index (χ1) is 6.27. The van der Waals surface area contributed by atoms with Crippen LogP contribution >= 0.6 is 0 Å². The van der Waals surface area contributed by atoms with Crippen LogP contribution in [0, 0.1) is 6.92 Å². The highest BCUT2D eigenvalue weighted by Crippen LogP contribution is 2.33. The maximum Gasteiger partial charge on any atom is 0.268 e. The van der Waals surface area contributed by atoms with E-state index in [0.29, 0.717) is 0 Å². The Hall–Kier alpha value is -0.248. The van der Waals surface area contributed by atoms with Crippen LogP contribution < -0.4 is 0 Å². The van der Waals surface area contributed by atoms with Crippen molar-refractivity contribution in [2.24, 2.45) is 0 Å². The number of hydrogen-bond donors (Lipinski definition) is 0. The van der Waals surface area contributed by atoms with E-state index in [4.69, 9.17) is 0 Å². The SMILES string of the molecule is Cc1ccc([CH]2CC[CH2][Al]2[CH3])cc1. The molecule has 1 atom stereocenters. The molecule has 1 aliphatic heterocycles. The van der Waals surface area contributed by atoms with E-state index in [1.807, 2.05) is 0 Å². The second-order valence-electron chi connectivity index (χ2n) is 4.43. The van der Waals surface area contributed by atoms with Crippen molar-refractivity contribution in [1.29, 1.82) is 0 Å². The molecule has 0 radical (unpaired) electrons. The summed E-state index contributed by atoms with van der Waals surface area (Å²) in [5, 5.41) is 1.55. The third-order valence-electron chi connectivity index (χ3n) is 3.37. The summed E-state index contributed by atoms with van der Waals surface area (Å²) in [6, 6.07) is 9.20. The highest BCUT2D eigenvalue weighted by Gasteiger charge is 2.29. The Morgan fingerprint density at radius 1 is 1.23 bits per heavy atom. The van der Waals surface area contributed by atoms with Crippen LogP contribution in [0.4, 0.5) is 0 Å². The maximum absolute atomic E-state index is 2.53. The van der Waals surface area contributed by atoms with Crippen LogP contribution in [0.15, 0.2) is 24.3 Å². The monoisotopic (exact) mass is 188 g/mol. The lowest BCUT2D eigenvalue weighted by molar-refractivity contribution is 0.820. The average molecular weight is 188 g/mol. The van der Waals surface area contributed by atoms with E-state index in [9.17, 15) is 0 Å². The van der Waals surface area contributed by atoms with E-state index in [-0.39, 0.29) is 0 Å². The first-order valence-corrected chi connectivity index (χ1v) is 7.98. The smallest absolute Gasteiger partial charge is 0.105 e. The van der Waals surface area contributed by atoms with Crippen LogP contribution in [0.5, 0.6) is 0 Å². The molecule has 0 nitrogen and oxygen atoms in total. The summed E-state index contributed by atoms with van der Waals surface area (Å²) in [5.74, 6) is 2.53. The predicted molar refractivity (Wildman–Crippen MR) is 59.6 cm³/mol. The topological polar surface area (TPSA) is 0 Å². The van der Waals surface area contributed by atoms with Crippen molar-refractivity contribution in [2.75, 3.05) is 0 Å². The minimum atomic E-state index is -0.407. The molecule has 1 aromatic rings. The highest BCUT2D eigenvalue weighted by molar-refractivity contribution is 6.59. The molecule has 0 amide bonds. The molecule has 2 rings (SSSR count). The molecule has 68 valence electrons. The molecule has 13 heavy (non-hydrogen) atoms. The van der Waals surface area contributed by atoms with E-state index >= 15 is 0 Å². The number of hydrogen-bond acceptors (Lipinski definition) is 0. The molecule has 1 fully saturated rings. The summed E-state index contributed by atoms with van der Waals surface area (Å²) in [6.45, 7) is 2.17. The summed E-state index contributed by atoms with van der Waals surface area (Å²) in [4.78, 5) is 0. The van der Waals surface area contributed by atoms with Gasteiger partial charge in [0, 0.05) is 0 Å². The number of rotatable bonds is 1. The number of aryl methyl sites for hydroxylation is 1. The second-order valence-corrected chi connectivity index (χ2v) is 7.76. The zero-order valence-corrected chi connectivity index (χ0v) is 9.74. The Morgan fingerprint density at radius 2 is 1.92 bits per heavy atom. The molecule has 0 spiro atoms. The van der Waals surface area contributed by atoms with Gasteiger partial charge in [0.2, 0.25) is 0 Å². The van der Waals surface area contributed by atoms with Gasteiger partial charge < -0.3 is 0 Å². The molecule has 1 heterocycles. The standard InChI is InChI=1S/C11H14.CH3.Al/c1-3-4-5-11-8-6-10(2)7-9-11;;/h5-9H,1,3-4H2,2H3;1H3;. The summed E-state index contributed by atoms with van der Waals surface area (Å²) < 4.78 is 0.973. The summed E-state index contributed by atoms with van der Waals surface area (Å²) >= 11 is -0.407. The Bertz CT molecular complexity index is 276. The lowest BCUT2D eigenvalue weighted by Gasteiger charge is -2.12. The molecule has 1 aromatic carbocycles. The van der Waals surface area contributed by atoms with Gasteiger partial charge in [-0.2, -0.15) is 0 Å². The Balaban J connectivity index is 2.20. The van der Waals surface area contributed by atoms with Crippen molar-refractivity contribution in [3.63, 3.8) is 0 Å². The first-order valence-electron chi connectivity index (χ1n) is 5.34. The van der Waals surface area contributed by atoms with Gasteiger partial charge in [-0.05, 0) is 6.92 Å². The molecule has 0 aromatic heterocycles. The van der Waals surface area contributed by atoms with Crippen molar-refractivity contribution in [3.8, 4) is 0 Å². The van der Waals surface area contributed by atoms with Crippen molar-refractivity contribution in [1.82, 2.24) is 0 Å². The molecule has 0 bridgehead atoms. The fraction of sp³-hybridized carbons (Fsp3) is 0.500. The van der Waals surface area contributed by atoms with E-state index in [0.717, 1.165) is 4.78 Å². The molecule has 0 saturated carbocycles. The molecule has 1 unspecified atom stereocenters. The van der Waals surface area contributed by atoms with Crippen LogP contribution in [0.3, 0.4) is 0 Å². The third kappa shape index (κ3) is 1.98. The van der Waals surface area contributed by atoms with Gasteiger partial charge in [0.1, 0.15) is 0 Å². The zero-order chi connectivity index (χ0) is 9.26. The maximum atomic E-state index is 2.53. The molecular weight excluding hydrogens is 171 g/mol. The Morgan fingerprint density at radius 3 is 2.46 bits per heavy atom.